The maximum absolute atomic E-state index is 5.71. The second kappa shape index (κ2) is 2.27. The topological polar surface area (TPSA) is 38.0 Å². The lowest BCUT2D eigenvalue weighted by Gasteiger charge is -2.00. The molecular weight excluding hydrogens is 144 g/mol. The van der Waals surface area contributed by atoms with E-state index in [1.54, 1.807) is 11.9 Å². The lowest BCUT2D eigenvalue weighted by Crippen LogP contribution is -2.17. The Balaban J connectivity index is 2.51. The second-order valence-corrected chi connectivity index (χ2v) is 3.12. The van der Waals surface area contributed by atoms with E-state index in [-0.39, 0.29) is 6.17 Å². The molecule has 2 nitrogen and oxygen atoms in total. The van der Waals surface area contributed by atoms with Crippen molar-refractivity contribution in [2.75, 3.05) is 0 Å². The molecule has 0 aromatic heterocycles. The fraction of sp³-hybridized carbons (Fsp3) is 0.143. The van der Waals surface area contributed by atoms with E-state index in [1.807, 2.05) is 18.2 Å². The summed E-state index contributed by atoms with van der Waals surface area (Å²) in [6, 6.07) is 8.14. The lowest BCUT2D eigenvalue weighted by molar-refractivity contribution is 0.726. The van der Waals surface area contributed by atoms with E-state index in [0.29, 0.717) is 0 Å². The third-order valence-corrected chi connectivity index (χ3v) is 2.51. The fourth-order valence-corrected chi connectivity index (χ4v) is 1.86. The number of fused-ring (bicyclic) bond motifs is 1. The van der Waals surface area contributed by atoms with Crippen molar-refractivity contribution in [1.82, 2.24) is 4.72 Å². The Labute approximate surface area is 63.9 Å². The minimum absolute atomic E-state index is 0.0150. The Bertz CT molecular complexity index is 249. The number of nitrogens with one attached hydrogen (secondary N) is 1. The quantitative estimate of drug-likeness (QED) is 0.549. The molecule has 3 N–H and O–H groups in total. The summed E-state index contributed by atoms with van der Waals surface area (Å²) in [5, 5.41) is 0. The van der Waals surface area contributed by atoms with Gasteiger partial charge in [-0.05, 0) is 23.6 Å². The number of nitrogens with two attached hydrogens (primary N) is 1. The SMILES string of the molecule is NC1NSc2ccccc21. The van der Waals surface area contributed by atoms with Gasteiger partial charge in [0.15, 0.2) is 0 Å². The van der Waals surface area contributed by atoms with Gasteiger partial charge >= 0.3 is 0 Å². The van der Waals surface area contributed by atoms with E-state index in [4.69, 9.17) is 5.73 Å². The number of benzene rings is 1. The Morgan fingerprint density at radius 1 is 1.40 bits per heavy atom. The molecule has 0 spiro atoms. The van der Waals surface area contributed by atoms with E-state index in [0.717, 1.165) is 0 Å². The lowest BCUT2D eigenvalue weighted by atomic mass is 10.2. The molecule has 0 radical (unpaired) electrons. The van der Waals surface area contributed by atoms with Gasteiger partial charge in [-0.1, -0.05) is 18.2 Å². The van der Waals surface area contributed by atoms with E-state index >= 15 is 0 Å². The van der Waals surface area contributed by atoms with Gasteiger partial charge in [-0.3, -0.25) is 0 Å². The highest BCUT2D eigenvalue weighted by atomic mass is 32.2. The van der Waals surface area contributed by atoms with Crippen molar-refractivity contribution in [1.29, 1.82) is 0 Å². The molecule has 1 heterocycles. The Hall–Kier alpha value is -0.510. The molecule has 3 heteroatoms. The van der Waals surface area contributed by atoms with Crippen molar-refractivity contribution in [3.63, 3.8) is 0 Å². The Kier molecular flexibility index (Phi) is 1.41. The summed E-state index contributed by atoms with van der Waals surface area (Å²) in [5.74, 6) is 0. The molecule has 0 saturated heterocycles. The van der Waals surface area contributed by atoms with Gasteiger partial charge in [-0.25, -0.2) is 4.72 Å². The van der Waals surface area contributed by atoms with Crippen LogP contribution in [0.25, 0.3) is 0 Å². The first kappa shape index (κ1) is 6.22. The monoisotopic (exact) mass is 152 g/mol. The molecule has 1 unspecified atom stereocenters. The smallest absolute Gasteiger partial charge is 0.0916 e. The Morgan fingerprint density at radius 2 is 2.20 bits per heavy atom. The maximum Gasteiger partial charge on any atom is 0.0916 e. The normalized spacial score (nSPS) is 22.7. The van der Waals surface area contributed by atoms with Crippen LogP contribution in [0.2, 0.25) is 0 Å². The van der Waals surface area contributed by atoms with Gasteiger partial charge in [0.05, 0.1) is 6.17 Å². The fourth-order valence-electron chi connectivity index (χ4n) is 1.02. The number of rotatable bonds is 0. The molecule has 0 bridgehead atoms. The molecule has 2 rings (SSSR count). The maximum atomic E-state index is 5.71. The van der Waals surface area contributed by atoms with Crippen LogP contribution in [-0.2, 0) is 0 Å². The standard InChI is InChI=1S/C7H8N2S/c8-7-5-3-1-2-4-6(5)10-9-7/h1-4,7,9H,8H2. The van der Waals surface area contributed by atoms with Crippen LogP contribution in [0, 0.1) is 0 Å². The molecule has 10 heavy (non-hydrogen) atoms. The van der Waals surface area contributed by atoms with E-state index in [1.165, 1.54) is 10.5 Å². The molecule has 1 aromatic carbocycles. The van der Waals surface area contributed by atoms with Gasteiger partial charge in [0.25, 0.3) is 0 Å². The van der Waals surface area contributed by atoms with Crippen LogP contribution < -0.4 is 10.5 Å². The van der Waals surface area contributed by atoms with Crippen LogP contribution in [0.5, 0.6) is 0 Å². The molecule has 0 fully saturated rings. The molecule has 52 valence electrons. The van der Waals surface area contributed by atoms with Gasteiger partial charge in [0.2, 0.25) is 0 Å². The third-order valence-electron chi connectivity index (χ3n) is 1.55. The Morgan fingerprint density at radius 3 is 3.00 bits per heavy atom. The minimum Gasteiger partial charge on any atom is -0.311 e. The summed E-state index contributed by atoms with van der Waals surface area (Å²) in [6.45, 7) is 0. The van der Waals surface area contributed by atoms with Crippen LogP contribution in [0.1, 0.15) is 11.7 Å². The minimum atomic E-state index is 0.0150. The molecule has 0 aliphatic carbocycles. The van der Waals surface area contributed by atoms with Crippen molar-refractivity contribution in [3.8, 4) is 0 Å². The average molecular weight is 152 g/mol. The zero-order valence-electron chi connectivity index (χ0n) is 5.37. The average Bonchev–Trinajstić information content (AvgIpc) is 2.34. The van der Waals surface area contributed by atoms with Gasteiger partial charge in [-0.15, -0.1) is 0 Å². The van der Waals surface area contributed by atoms with Crippen LogP contribution in [0.15, 0.2) is 29.2 Å². The van der Waals surface area contributed by atoms with Gasteiger partial charge in [0.1, 0.15) is 0 Å². The van der Waals surface area contributed by atoms with E-state index in [9.17, 15) is 0 Å². The predicted molar refractivity (Wildman–Crippen MR) is 42.4 cm³/mol. The predicted octanol–water partition coefficient (Wildman–Crippen LogP) is 1.25. The summed E-state index contributed by atoms with van der Waals surface area (Å²) in [5.41, 5.74) is 6.92. The molecule has 0 amide bonds. The van der Waals surface area contributed by atoms with E-state index < -0.39 is 0 Å². The van der Waals surface area contributed by atoms with Crippen LogP contribution in [0.3, 0.4) is 0 Å². The van der Waals surface area contributed by atoms with E-state index in [2.05, 4.69) is 10.8 Å². The van der Waals surface area contributed by atoms with Crippen LogP contribution in [-0.4, -0.2) is 0 Å². The zero-order valence-corrected chi connectivity index (χ0v) is 6.19. The number of hydrogen-bond donors (Lipinski definition) is 2. The van der Waals surface area contributed by atoms with Crippen LogP contribution >= 0.6 is 11.9 Å². The molecule has 1 aliphatic rings. The highest BCUT2D eigenvalue weighted by Crippen LogP contribution is 2.31. The molecule has 1 atom stereocenters. The molecule has 1 aromatic rings. The molecule has 1 aliphatic heterocycles. The summed E-state index contributed by atoms with van der Waals surface area (Å²) < 4.78 is 3.08. The van der Waals surface area contributed by atoms with Crippen molar-refractivity contribution >= 4 is 11.9 Å². The van der Waals surface area contributed by atoms with Crippen molar-refractivity contribution < 1.29 is 0 Å². The van der Waals surface area contributed by atoms with Crippen molar-refractivity contribution in [3.05, 3.63) is 29.8 Å². The largest absolute Gasteiger partial charge is 0.311 e. The highest BCUT2D eigenvalue weighted by Gasteiger charge is 2.17. The summed E-state index contributed by atoms with van der Waals surface area (Å²) in [6.07, 6.45) is 0.0150. The first-order valence-electron chi connectivity index (χ1n) is 3.15. The van der Waals surface area contributed by atoms with Crippen LogP contribution in [0.4, 0.5) is 0 Å². The molecular formula is C7H8N2S. The molecule has 0 saturated carbocycles. The van der Waals surface area contributed by atoms with Gasteiger partial charge in [-0.2, -0.15) is 0 Å². The van der Waals surface area contributed by atoms with Crippen molar-refractivity contribution in [2.24, 2.45) is 5.73 Å². The summed E-state index contributed by atoms with van der Waals surface area (Å²) in [7, 11) is 0. The highest BCUT2D eigenvalue weighted by molar-refractivity contribution is 7.97. The summed E-state index contributed by atoms with van der Waals surface area (Å²) in [4.78, 5) is 1.25. The number of hydrogen-bond acceptors (Lipinski definition) is 3. The van der Waals surface area contributed by atoms with Gasteiger partial charge < -0.3 is 5.73 Å². The first-order valence-corrected chi connectivity index (χ1v) is 3.96. The zero-order chi connectivity index (χ0) is 6.97. The third kappa shape index (κ3) is 0.831. The summed E-state index contributed by atoms with van der Waals surface area (Å²) >= 11 is 1.60. The van der Waals surface area contributed by atoms with Gasteiger partial charge in [0, 0.05) is 4.90 Å². The van der Waals surface area contributed by atoms with Crippen molar-refractivity contribution in [2.45, 2.75) is 11.1 Å². The second-order valence-electron chi connectivity index (χ2n) is 2.24. The first-order chi connectivity index (χ1) is 4.88.